The van der Waals surface area contributed by atoms with Crippen LogP contribution in [-0.4, -0.2) is 26.1 Å². The Hall–Kier alpha value is -4.88. The Kier molecular flexibility index (Phi) is 6.93. The number of carboxylic acid groups (broad SMARTS) is 1. The number of allylic oxidation sites excluding steroid dienone is 1. The Morgan fingerprint density at radius 1 is 0.974 bits per heavy atom. The van der Waals surface area contributed by atoms with E-state index in [-0.39, 0.29) is 11.0 Å². The Balaban J connectivity index is 0.00000294. The van der Waals surface area contributed by atoms with E-state index >= 15 is 0 Å². The maximum Gasteiger partial charge on any atom is 0.335 e. The molecule has 7 nitrogen and oxygen atoms in total. The average Bonchev–Trinajstić information content (AvgIpc) is 3.26. The van der Waals surface area contributed by atoms with Crippen LogP contribution in [0.4, 0.5) is 0 Å². The number of ether oxygens (including phenoxy) is 2. The lowest BCUT2D eigenvalue weighted by Gasteiger charge is -2.12. The van der Waals surface area contributed by atoms with Crippen molar-refractivity contribution in [3.8, 4) is 11.5 Å². The summed E-state index contributed by atoms with van der Waals surface area (Å²) >= 11 is 0. The van der Waals surface area contributed by atoms with Crippen LogP contribution in [0.1, 0.15) is 32.6 Å². The Labute approximate surface area is 219 Å². The summed E-state index contributed by atoms with van der Waals surface area (Å²) in [6, 6.07) is 29.0. The van der Waals surface area contributed by atoms with Crippen molar-refractivity contribution in [1.82, 2.24) is 9.55 Å². The van der Waals surface area contributed by atoms with Gasteiger partial charge in [-0.2, -0.15) is 0 Å². The minimum absolute atomic E-state index is 0. The van der Waals surface area contributed by atoms with Crippen molar-refractivity contribution in [2.24, 2.45) is 0 Å². The summed E-state index contributed by atoms with van der Waals surface area (Å²) in [6.07, 6.45) is 3.95. The number of rotatable bonds is 6. The summed E-state index contributed by atoms with van der Waals surface area (Å²) in [5.41, 5.74) is 6.99. The lowest BCUT2D eigenvalue weighted by molar-refractivity contribution is 0.0696. The Bertz CT molecular complexity index is 1640. The summed E-state index contributed by atoms with van der Waals surface area (Å²) in [7, 11) is 0. The quantitative estimate of drug-likeness (QED) is 0.327. The van der Waals surface area contributed by atoms with Crippen molar-refractivity contribution in [2.45, 2.75) is 19.8 Å². The van der Waals surface area contributed by atoms with Crippen LogP contribution in [0.15, 0.2) is 103 Å². The van der Waals surface area contributed by atoms with E-state index in [1.807, 2.05) is 60.9 Å². The van der Waals surface area contributed by atoms with Crippen molar-refractivity contribution in [2.75, 3.05) is 0 Å². The third-order valence-electron chi connectivity index (χ3n) is 6.53. The molecule has 1 aliphatic rings. The van der Waals surface area contributed by atoms with Gasteiger partial charge in [0.25, 0.3) is 0 Å². The van der Waals surface area contributed by atoms with Crippen molar-refractivity contribution < 1.29 is 24.9 Å². The van der Waals surface area contributed by atoms with Crippen LogP contribution in [0.3, 0.4) is 0 Å². The van der Waals surface area contributed by atoms with E-state index in [0.29, 0.717) is 25.5 Å². The predicted octanol–water partition coefficient (Wildman–Crippen LogP) is 5.51. The van der Waals surface area contributed by atoms with Gasteiger partial charge in [-0.25, -0.2) is 9.78 Å². The fraction of sp³-hybridized carbons (Fsp3) is 0.0968. The van der Waals surface area contributed by atoms with Gasteiger partial charge in [-0.1, -0.05) is 54.6 Å². The second-order valence-electron chi connectivity index (χ2n) is 8.90. The molecule has 190 valence electrons. The lowest BCUT2D eigenvalue weighted by Crippen LogP contribution is -2.00. The molecular formula is C31H26N2O5. The molecule has 0 radical (unpaired) electrons. The van der Waals surface area contributed by atoms with Gasteiger partial charge in [0.05, 0.1) is 22.9 Å². The highest BCUT2D eigenvalue weighted by Gasteiger charge is 2.20. The molecule has 0 saturated carbocycles. The highest BCUT2D eigenvalue weighted by atomic mass is 16.5. The van der Waals surface area contributed by atoms with E-state index in [4.69, 9.17) is 9.47 Å². The molecule has 1 aromatic heterocycles. The van der Waals surface area contributed by atoms with E-state index in [1.54, 1.807) is 18.2 Å². The monoisotopic (exact) mass is 506 g/mol. The average molecular weight is 507 g/mol. The maximum atomic E-state index is 11.7. The minimum atomic E-state index is -0.965. The molecule has 6 rings (SSSR count). The molecule has 0 fully saturated rings. The number of aromatic carboxylic acids is 1. The summed E-state index contributed by atoms with van der Waals surface area (Å²) in [5, 5.41) is 9.58. The third-order valence-corrected chi connectivity index (χ3v) is 6.53. The molecule has 2 heterocycles. The number of hydrogen-bond donors (Lipinski definition) is 1. The SMILES string of the molecule is O.O=C(O)c1ccc2c(c1)/C(=C/Cn1cnc3cc(COc4ccccc4)ccc31)c1ccccc1CO2. The molecule has 3 N–H and O–H groups in total. The summed E-state index contributed by atoms with van der Waals surface area (Å²) in [4.78, 5) is 16.3. The first kappa shape index (κ1) is 24.8. The van der Waals surface area contributed by atoms with E-state index in [0.717, 1.165) is 44.6 Å². The molecule has 0 bridgehead atoms. The van der Waals surface area contributed by atoms with Crippen LogP contribution in [0.2, 0.25) is 0 Å². The number of fused-ring (bicyclic) bond motifs is 3. The van der Waals surface area contributed by atoms with Crippen LogP contribution in [0, 0.1) is 0 Å². The van der Waals surface area contributed by atoms with Gasteiger partial charge in [0, 0.05) is 12.1 Å². The van der Waals surface area contributed by atoms with Gasteiger partial charge in [-0.05, 0) is 64.7 Å². The fourth-order valence-electron chi connectivity index (χ4n) is 4.65. The lowest BCUT2D eigenvalue weighted by atomic mass is 9.93. The van der Waals surface area contributed by atoms with E-state index < -0.39 is 5.97 Å². The predicted molar refractivity (Wildman–Crippen MR) is 145 cm³/mol. The van der Waals surface area contributed by atoms with Crippen LogP contribution >= 0.6 is 0 Å². The minimum Gasteiger partial charge on any atom is -0.489 e. The molecule has 0 spiro atoms. The first-order valence-electron chi connectivity index (χ1n) is 12.1. The van der Waals surface area contributed by atoms with Crippen molar-refractivity contribution in [1.29, 1.82) is 0 Å². The largest absolute Gasteiger partial charge is 0.489 e. The molecule has 7 heteroatoms. The number of aromatic nitrogens is 2. The second-order valence-corrected chi connectivity index (χ2v) is 8.90. The van der Waals surface area contributed by atoms with Gasteiger partial charge in [0.15, 0.2) is 0 Å². The third kappa shape index (κ3) is 4.87. The topological polar surface area (TPSA) is 105 Å². The molecule has 0 atom stereocenters. The first-order chi connectivity index (χ1) is 18.2. The fourth-order valence-corrected chi connectivity index (χ4v) is 4.65. The van der Waals surface area contributed by atoms with Gasteiger partial charge < -0.3 is 24.6 Å². The molecule has 5 aromatic rings. The van der Waals surface area contributed by atoms with Crippen LogP contribution in [-0.2, 0) is 19.8 Å². The molecule has 0 aliphatic carbocycles. The number of benzene rings is 4. The zero-order valence-corrected chi connectivity index (χ0v) is 20.5. The summed E-state index contributed by atoms with van der Waals surface area (Å²) in [6.45, 7) is 1.46. The normalized spacial score (nSPS) is 13.1. The van der Waals surface area contributed by atoms with Gasteiger partial charge >= 0.3 is 5.97 Å². The van der Waals surface area contributed by atoms with Crippen LogP contribution in [0.5, 0.6) is 11.5 Å². The molecule has 0 unspecified atom stereocenters. The maximum absolute atomic E-state index is 11.7. The number of carbonyl (C=O) groups is 1. The molecule has 0 saturated heterocycles. The summed E-state index contributed by atoms with van der Waals surface area (Å²) < 4.78 is 14.0. The highest BCUT2D eigenvalue weighted by molar-refractivity contribution is 5.92. The van der Waals surface area contributed by atoms with E-state index in [1.165, 1.54) is 0 Å². The second kappa shape index (κ2) is 10.6. The summed E-state index contributed by atoms with van der Waals surface area (Å²) in [5.74, 6) is 0.539. The first-order valence-corrected chi connectivity index (χ1v) is 12.1. The number of para-hydroxylation sites is 1. The van der Waals surface area contributed by atoms with Crippen molar-refractivity contribution in [3.05, 3.63) is 131 Å². The van der Waals surface area contributed by atoms with Crippen molar-refractivity contribution >= 4 is 22.6 Å². The number of imidazole rings is 1. The molecular weight excluding hydrogens is 480 g/mol. The molecule has 0 amide bonds. The van der Waals surface area contributed by atoms with Crippen LogP contribution < -0.4 is 9.47 Å². The standard InChI is InChI=1S/C31H24N2O4.H2O/c34-31(35)22-11-13-30-27(17-22)26(25-9-5-4-6-23(25)19-37-30)14-15-33-20-32-28-16-21(10-12-29(28)33)18-36-24-7-2-1-3-8-24;/h1-14,16-17,20H,15,18-19H2,(H,34,35);1H2/b26-14+;. The van der Waals surface area contributed by atoms with Gasteiger partial charge in [-0.15, -0.1) is 0 Å². The number of hydrogen-bond acceptors (Lipinski definition) is 4. The zero-order chi connectivity index (χ0) is 25.2. The van der Waals surface area contributed by atoms with E-state index in [9.17, 15) is 9.90 Å². The van der Waals surface area contributed by atoms with Gasteiger partial charge in [-0.3, -0.25) is 0 Å². The van der Waals surface area contributed by atoms with Gasteiger partial charge in [0.1, 0.15) is 24.7 Å². The van der Waals surface area contributed by atoms with Gasteiger partial charge in [0.2, 0.25) is 0 Å². The number of nitrogens with zero attached hydrogens (tertiary/aromatic N) is 2. The molecule has 1 aliphatic heterocycles. The highest BCUT2D eigenvalue weighted by Crippen LogP contribution is 2.37. The molecule has 38 heavy (non-hydrogen) atoms. The van der Waals surface area contributed by atoms with Crippen molar-refractivity contribution in [3.63, 3.8) is 0 Å². The van der Waals surface area contributed by atoms with E-state index in [2.05, 4.69) is 33.8 Å². The zero-order valence-electron chi connectivity index (χ0n) is 20.5. The molecule has 4 aromatic carbocycles. The number of carboxylic acids is 1. The smallest absolute Gasteiger partial charge is 0.335 e. The van der Waals surface area contributed by atoms with Crippen LogP contribution in [0.25, 0.3) is 16.6 Å². The Morgan fingerprint density at radius 2 is 1.79 bits per heavy atom. The Morgan fingerprint density at radius 3 is 2.63 bits per heavy atom.